The number of halogens is 2. The van der Waals surface area contributed by atoms with E-state index >= 15 is 0 Å². The van der Waals surface area contributed by atoms with Gasteiger partial charge in [0.25, 0.3) is 5.91 Å². The Bertz CT molecular complexity index is 1480. The van der Waals surface area contributed by atoms with Crippen molar-refractivity contribution in [1.82, 2.24) is 9.97 Å². The van der Waals surface area contributed by atoms with E-state index in [-0.39, 0.29) is 40.7 Å². The smallest absolute Gasteiger partial charge is 0.413 e. The van der Waals surface area contributed by atoms with Crippen molar-refractivity contribution in [3.05, 3.63) is 83.2 Å². The van der Waals surface area contributed by atoms with Crippen molar-refractivity contribution in [2.45, 2.75) is 5.72 Å². The lowest BCUT2D eigenvalue weighted by atomic mass is 9.93. The van der Waals surface area contributed by atoms with E-state index < -0.39 is 23.5 Å². The van der Waals surface area contributed by atoms with Crippen LogP contribution in [0, 0.1) is 5.82 Å². The summed E-state index contributed by atoms with van der Waals surface area (Å²) < 4.78 is 20.2. The maximum absolute atomic E-state index is 15.0. The van der Waals surface area contributed by atoms with Gasteiger partial charge in [-0.3, -0.25) is 14.6 Å². The molecule has 1 aliphatic heterocycles. The highest BCUT2D eigenvalue weighted by Crippen LogP contribution is 2.46. The zero-order valence-electron chi connectivity index (χ0n) is 18.5. The number of aromatic nitrogens is 2. The first kappa shape index (κ1) is 24.0. The van der Waals surface area contributed by atoms with Crippen molar-refractivity contribution < 1.29 is 28.9 Å². The Morgan fingerprint density at radius 1 is 1.17 bits per heavy atom. The quantitative estimate of drug-likeness (QED) is 0.390. The van der Waals surface area contributed by atoms with E-state index in [1.54, 1.807) is 42.5 Å². The molecule has 9 nitrogen and oxygen atoms in total. The Kier molecular flexibility index (Phi) is 5.87. The second-order valence-corrected chi connectivity index (χ2v) is 7.81. The molecule has 5 rings (SSSR count). The number of methoxy groups -OCH3 is 1. The Hall–Kier alpha value is -4.15. The Morgan fingerprint density at radius 3 is 2.63 bits per heavy atom. The van der Waals surface area contributed by atoms with E-state index in [0.29, 0.717) is 16.8 Å². The van der Waals surface area contributed by atoms with Crippen molar-refractivity contribution in [2.24, 2.45) is 0 Å². The van der Waals surface area contributed by atoms with Crippen LogP contribution >= 0.6 is 12.4 Å². The van der Waals surface area contributed by atoms with Gasteiger partial charge in [-0.2, -0.15) is 0 Å². The number of aromatic amines is 1. The summed E-state index contributed by atoms with van der Waals surface area (Å²) in [4.78, 5) is 33.8. The van der Waals surface area contributed by atoms with Gasteiger partial charge >= 0.3 is 6.09 Å². The number of hydrogen-bond acceptors (Lipinski definition) is 5. The maximum Gasteiger partial charge on any atom is 0.413 e. The van der Waals surface area contributed by atoms with Crippen LogP contribution in [0.4, 0.5) is 20.8 Å². The highest BCUT2D eigenvalue weighted by Gasteiger charge is 2.51. The summed E-state index contributed by atoms with van der Waals surface area (Å²) in [6.07, 6.45) is -1.20. The largest absolute Gasteiger partial charge is 0.497 e. The summed E-state index contributed by atoms with van der Waals surface area (Å²) in [5.41, 5.74) is -0.567. The molecule has 2 heterocycles. The van der Waals surface area contributed by atoms with E-state index in [9.17, 15) is 24.2 Å². The molecule has 11 heteroatoms. The van der Waals surface area contributed by atoms with Crippen LogP contribution in [0.3, 0.4) is 0 Å². The highest BCUT2D eigenvalue weighted by atomic mass is 35.5. The summed E-state index contributed by atoms with van der Waals surface area (Å²) in [6, 6.07) is 15.1. The second kappa shape index (κ2) is 8.57. The number of carbonyl (C=O) groups excluding carboxylic acids is 1. The predicted octanol–water partition coefficient (Wildman–Crippen LogP) is 4.10. The average molecular weight is 499 g/mol. The van der Waals surface area contributed by atoms with Crippen LogP contribution < -0.4 is 14.5 Å². The number of H-pyrrole nitrogens is 1. The van der Waals surface area contributed by atoms with Crippen LogP contribution in [0.1, 0.15) is 21.5 Å². The number of ether oxygens (including phenoxy) is 1. The highest BCUT2D eigenvalue weighted by molar-refractivity contribution is 6.12. The molecule has 1 atom stereocenters. The number of nitrogens with zero attached hydrogens (tertiary/aromatic N) is 3. The van der Waals surface area contributed by atoms with Gasteiger partial charge in [0.05, 0.1) is 23.8 Å². The van der Waals surface area contributed by atoms with Gasteiger partial charge in [0, 0.05) is 29.8 Å². The SMILES string of the molecule is COc1ccc(F)c(N2C(=O)c3ccccc3C2(O)c2ccc3nc(N(C)C(=O)O)[nH]c3c2)c1.Cl. The first-order valence-corrected chi connectivity index (χ1v) is 10.2. The van der Waals surface area contributed by atoms with Crippen LogP contribution in [-0.4, -0.2) is 46.3 Å². The molecule has 0 saturated carbocycles. The molecule has 180 valence electrons. The fourth-order valence-corrected chi connectivity index (χ4v) is 4.18. The van der Waals surface area contributed by atoms with Gasteiger partial charge in [-0.1, -0.05) is 24.3 Å². The molecule has 1 unspecified atom stereocenters. The predicted molar refractivity (Wildman–Crippen MR) is 129 cm³/mol. The van der Waals surface area contributed by atoms with Crippen molar-refractivity contribution in [3.8, 4) is 5.75 Å². The molecule has 0 aliphatic carbocycles. The van der Waals surface area contributed by atoms with Gasteiger partial charge in [0.15, 0.2) is 5.72 Å². The van der Waals surface area contributed by atoms with Gasteiger partial charge in [-0.25, -0.2) is 14.2 Å². The third-order valence-corrected chi connectivity index (χ3v) is 5.93. The number of benzene rings is 3. The minimum Gasteiger partial charge on any atom is -0.497 e. The molecular weight excluding hydrogens is 479 g/mol. The lowest BCUT2D eigenvalue weighted by Crippen LogP contribution is -2.45. The minimum atomic E-state index is -2.06. The van der Waals surface area contributed by atoms with Crippen LogP contribution in [0.15, 0.2) is 60.7 Å². The first-order chi connectivity index (χ1) is 16.3. The maximum atomic E-state index is 15.0. The van der Waals surface area contributed by atoms with Gasteiger partial charge in [-0.15, -0.1) is 12.4 Å². The standard InChI is InChI=1S/C24H19FN4O5.ClH/c1-28(23(31)32)22-26-18-10-7-13(11-19(18)27-22)24(33)16-6-4-3-5-15(16)21(30)29(24)20-12-14(34-2)8-9-17(20)25;/h3-12,33H,1-2H3,(H,26,27)(H,31,32);1H. The Labute approximate surface area is 204 Å². The van der Waals surface area contributed by atoms with Crippen LogP contribution in [0.2, 0.25) is 0 Å². The fraction of sp³-hybridized carbons (Fsp3) is 0.125. The minimum absolute atomic E-state index is 0. The Balaban J connectivity index is 0.00000289. The molecule has 4 aromatic rings. The summed E-state index contributed by atoms with van der Waals surface area (Å²) in [6.45, 7) is 0. The number of fused-ring (bicyclic) bond motifs is 2. The molecule has 3 N–H and O–H groups in total. The Morgan fingerprint density at radius 2 is 1.91 bits per heavy atom. The first-order valence-electron chi connectivity index (χ1n) is 10.2. The number of imidazole rings is 1. The number of rotatable bonds is 4. The molecule has 0 radical (unpaired) electrons. The zero-order chi connectivity index (χ0) is 24.2. The van der Waals surface area contributed by atoms with Gasteiger partial charge in [-0.05, 0) is 30.3 Å². The van der Waals surface area contributed by atoms with Crippen molar-refractivity contribution in [3.63, 3.8) is 0 Å². The van der Waals surface area contributed by atoms with E-state index in [0.717, 1.165) is 15.9 Å². The van der Waals surface area contributed by atoms with Gasteiger partial charge < -0.3 is 19.9 Å². The summed E-state index contributed by atoms with van der Waals surface area (Å²) in [5.74, 6) is -0.896. The lowest BCUT2D eigenvalue weighted by Gasteiger charge is -2.35. The van der Waals surface area contributed by atoms with E-state index in [1.165, 1.54) is 26.3 Å². The molecular formula is C24H20ClFN4O5. The molecule has 2 amide bonds. The number of aliphatic hydroxyl groups is 1. The van der Waals surface area contributed by atoms with Gasteiger partial charge in [0.1, 0.15) is 11.6 Å². The molecule has 0 fully saturated rings. The zero-order valence-corrected chi connectivity index (χ0v) is 19.3. The van der Waals surface area contributed by atoms with E-state index in [1.807, 2.05) is 0 Å². The van der Waals surface area contributed by atoms with E-state index in [2.05, 4.69) is 9.97 Å². The lowest BCUT2D eigenvalue weighted by molar-refractivity contribution is 0.0699. The number of nitrogens with one attached hydrogen (secondary N) is 1. The summed E-state index contributed by atoms with van der Waals surface area (Å²) in [5, 5.41) is 21.3. The van der Waals surface area contributed by atoms with Gasteiger partial charge in [0.2, 0.25) is 5.95 Å². The van der Waals surface area contributed by atoms with E-state index in [4.69, 9.17) is 4.74 Å². The third kappa shape index (κ3) is 3.54. The molecule has 0 saturated heterocycles. The topological polar surface area (TPSA) is 119 Å². The molecule has 1 aromatic heterocycles. The molecule has 3 aromatic carbocycles. The number of amides is 2. The summed E-state index contributed by atoms with van der Waals surface area (Å²) >= 11 is 0. The third-order valence-electron chi connectivity index (χ3n) is 5.93. The normalized spacial score (nSPS) is 16.7. The second-order valence-electron chi connectivity index (χ2n) is 7.81. The number of carboxylic acid groups (broad SMARTS) is 1. The fourth-order valence-electron chi connectivity index (χ4n) is 4.18. The average Bonchev–Trinajstić information content (AvgIpc) is 3.36. The van der Waals surface area contributed by atoms with Crippen molar-refractivity contribution in [1.29, 1.82) is 0 Å². The van der Waals surface area contributed by atoms with Crippen molar-refractivity contribution in [2.75, 3.05) is 24.0 Å². The van der Waals surface area contributed by atoms with Crippen LogP contribution in [-0.2, 0) is 5.72 Å². The summed E-state index contributed by atoms with van der Waals surface area (Å²) in [7, 11) is 2.76. The molecule has 0 bridgehead atoms. The monoisotopic (exact) mass is 498 g/mol. The molecule has 0 spiro atoms. The number of hydrogen-bond donors (Lipinski definition) is 3. The van der Waals surface area contributed by atoms with Crippen LogP contribution in [0.5, 0.6) is 5.75 Å². The van der Waals surface area contributed by atoms with Crippen molar-refractivity contribution >= 4 is 47.1 Å². The van der Waals surface area contributed by atoms with Crippen LogP contribution in [0.25, 0.3) is 11.0 Å². The number of carbonyl (C=O) groups is 2. The molecule has 35 heavy (non-hydrogen) atoms. The number of anilines is 2. The molecule has 1 aliphatic rings.